The Balaban J connectivity index is 1.92. The molecule has 3 aromatic heterocycles. The van der Waals surface area contributed by atoms with Crippen LogP contribution in [0.5, 0.6) is 0 Å². The molecule has 1 aliphatic carbocycles. The molecule has 0 aliphatic heterocycles. The van der Waals surface area contributed by atoms with Crippen molar-refractivity contribution in [1.29, 1.82) is 5.26 Å². The zero-order chi connectivity index (χ0) is 15.7. The first-order chi connectivity index (χ1) is 11.3. The van der Waals surface area contributed by atoms with E-state index in [0.717, 1.165) is 22.6 Å². The molecule has 3 heterocycles. The van der Waals surface area contributed by atoms with Gasteiger partial charge in [0.2, 0.25) is 0 Å². The Hall–Kier alpha value is -3.26. The van der Waals surface area contributed by atoms with E-state index in [1.165, 1.54) is 0 Å². The molecule has 0 fully saturated rings. The zero-order valence-electron chi connectivity index (χ0n) is 12.3. The molecule has 0 aromatic carbocycles. The molecule has 0 saturated heterocycles. The van der Waals surface area contributed by atoms with Gasteiger partial charge in [-0.2, -0.15) is 10.4 Å². The topological polar surface area (TPSA) is 78.2 Å². The molecule has 1 N–H and O–H groups in total. The van der Waals surface area contributed by atoms with Gasteiger partial charge in [-0.05, 0) is 24.3 Å². The van der Waals surface area contributed by atoms with Crippen LogP contribution in [0.15, 0.2) is 54.9 Å². The van der Waals surface area contributed by atoms with Gasteiger partial charge in [0.15, 0.2) is 5.69 Å². The molecule has 0 amide bonds. The zero-order valence-corrected chi connectivity index (χ0v) is 12.3. The Bertz CT molecular complexity index is 864. The second-order valence-corrected chi connectivity index (χ2v) is 5.49. The van der Waals surface area contributed by atoms with E-state index >= 15 is 0 Å². The van der Waals surface area contributed by atoms with Crippen molar-refractivity contribution in [3.05, 3.63) is 83.2 Å². The number of allylic oxidation sites excluding steroid dienone is 1. The fourth-order valence-corrected chi connectivity index (χ4v) is 3.09. The van der Waals surface area contributed by atoms with Gasteiger partial charge in [-0.15, -0.1) is 0 Å². The first-order valence-electron chi connectivity index (χ1n) is 7.33. The highest BCUT2D eigenvalue weighted by atomic mass is 15.1. The van der Waals surface area contributed by atoms with Crippen LogP contribution in [-0.2, 0) is 11.8 Å². The van der Waals surface area contributed by atoms with Crippen LogP contribution in [0.4, 0.5) is 0 Å². The van der Waals surface area contributed by atoms with Gasteiger partial charge >= 0.3 is 0 Å². The number of pyridine rings is 2. The molecule has 23 heavy (non-hydrogen) atoms. The van der Waals surface area contributed by atoms with Gasteiger partial charge in [0.25, 0.3) is 0 Å². The minimum absolute atomic E-state index is 0.423. The number of fused-ring (bicyclic) bond motifs is 1. The van der Waals surface area contributed by atoms with Gasteiger partial charge in [0.1, 0.15) is 6.07 Å². The summed E-state index contributed by atoms with van der Waals surface area (Å²) in [5.41, 5.74) is 3.60. The van der Waals surface area contributed by atoms with Gasteiger partial charge in [-0.25, -0.2) is 0 Å². The van der Waals surface area contributed by atoms with Crippen LogP contribution in [0.1, 0.15) is 28.3 Å². The molecule has 3 aromatic rings. The number of aromatic nitrogens is 4. The Morgan fingerprint density at radius 2 is 1.74 bits per heavy atom. The Labute approximate surface area is 133 Å². The average molecular weight is 299 g/mol. The van der Waals surface area contributed by atoms with Crippen molar-refractivity contribution in [3.63, 3.8) is 0 Å². The number of rotatable bonds is 2. The lowest BCUT2D eigenvalue weighted by Crippen LogP contribution is -2.32. The minimum atomic E-state index is -0.464. The van der Waals surface area contributed by atoms with Crippen LogP contribution in [-0.4, -0.2) is 20.2 Å². The standard InChI is InChI=1S/C18H13N5/c19-12-15-13-7-8-18(11-14(13)22-23-15,16-5-1-3-9-20-16)17-6-2-4-10-21-17/h1-10H,11H2,(H,22,23). The van der Waals surface area contributed by atoms with Gasteiger partial charge in [-0.3, -0.25) is 15.1 Å². The number of nitriles is 1. The Morgan fingerprint density at radius 1 is 1.04 bits per heavy atom. The third-order valence-corrected chi connectivity index (χ3v) is 4.22. The SMILES string of the molecule is N#Cc1n[nH]c2c1C=CC(c1ccccn1)(c1ccccn1)C2. The molecule has 0 atom stereocenters. The first-order valence-corrected chi connectivity index (χ1v) is 7.33. The molecular formula is C18H13N5. The quantitative estimate of drug-likeness (QED) is 0.789. The molecule has 0 radical (unpaired) electrons. The molecule has 5 nitrogen and oxygen atoms in total. The maximum absolute atomic E-state index is 9.16. The summed E-state index contributed by atoms with van der Waals surface area (Å²) in [6, 6.07) is 13.9. The normalized spacial score (nSPS) is 14.9. The highest BCUT2D eigenvalue weighted by Gasteiger charge is 2.38. The average Bonchev–Trinajstić information content (AvgIpc) is 3.05. The number of H-pyrrole nitrogens is 1. The monoisotopic (exact) mass is 299 g/mol. The number of aromatic amines is 1. The third-order valence-electron chi connectivity index (χ3n) is 4.22. The lowest BCUT2D eigenvalue weighted by Gasteiger charge is -2.32. The van der Waals surface area contributed by atoms with E-state index in [1.54, 1.807) is 12.4 Å². The first kappa shape index (κ1) is 13.4. The van der Waals surface area contributed by atoms with Crippen molar-refractivity contribution in [3.8, 4) is 6.07 Å². The number of hydrogen-bond acceptors (Lipinski definition) is 4. The van der Waals surface area contributed by atoms with E-state index in [9.17, 15) is 0 Å². The summed E-state index contributed by atoms with van der Waals surface area (Å²) in [6.07, 6.45) is 8.25. The second-order valence-electron chi connectivity index (χ2n) is 5.49. The van der Waals surface area contributed by atoms with Crippen molar-refractivity contribution in [2.45, 2.75) is 11.8 Å². The molecule has 0 unspecified atom stereocenters. The van der Waals surface area contributed by atoms with E-state index in [2.05, 4.69) is 32.3 Å². The summed E-state index contributed by atoms with van der Waals surface area (Å²) in [5, 5.41) is 16.2. The van der Waals surface area contributed by atoms with Gasteiger partial charge in [0, 0.05) is 30.1 Å². The highest BCUT2D eigenvalue weighted by molar-refractivity contribution is 5.65. The Morgan fingerprint density at radius 3 is 2.30 bits per heavy atom. The van der Waals surface area contributed by atoms with Crippen molar-refractivity contribution in [1.82, 2.24) is 20.2 Å². The minimum Gasteiger partial charge on any atom is -0.281 e. The van der Waals surface area contributed by atoms with Crippen LogP contribution >= 0.6 is 0 Å². The summed E-state index contributed by atoms with van der Waals surface area (Å²) < 4.78 is 0. The molecule has 0 spiro atoms. The summed E-state index contributed by atoms with van der Waals surface area (Å²) in [7, 11) is 0. The van der Waals surface area contributed by atoms with E-state index in [4.69, 9.17) is 5.26 Å². The fourth-order valence-electron chi connectivity index (χ4n) is 3.09. The van der Waals surface area contributed by atoms with Crippen LogP contribution in [0.2, 0.25) is 0 Å². The molecule has 0 bridgehead atoms. The highest BCUT2D eigenvalue weighted by Crippen LogP contribution is 2.39. The van der Waals surface area contributed by atoms with Crippen molar-refractivity contribution < 1.29 is 0 Å². The van der Waals surface area contributed by atoms with Gasteiger partial charge < -0.3 is 0 Å². The van der Waals surface area contributed by atoms with Crippen LogP contribution < -0.4 is 0 Å². The summed E-state index contributed by atoms with van der Waals surface area (Å²) >= 11 is 0. The van der Waals surface area contributed by atoms with E-state index in [0.29, 0.717) is 12.1 Å². The molecule has 110 valence electrons. The summed E-state index contributed by atoms with van der Waals surface area (Å²) in [4.78, 5) is 9.12. The lowest BCUT2D eigenvalue weighted by atomic mass is 9.72. The van der Waals surface area contributed by atoms with Gasteiger partial charge in [0.05, 0.1) is 16.8 Å². The lowest BCUT2D eigenvalue weighted by molar-refractivity contribution is 0.582. The number of nitrogens with zero attached hydrogens (tertiary/aromatic N) is 4. The smallest absolute Gasteiger partial charge is 0.169 e. The van der Waals surface area contributed by atoms with E-state index in [-0.39, 0.29) is 0 Å². The number of hydrogen-bond donors (Lipinski definition) is 1. The molecule has 1 aliphatic rings. The molecule has 0 saturated carbocycles. The van der Waals surface area contributed by atoms with Crippen LogP contribution in [0, 0.1) is 11.3 Å². The molecule has 5 heteroatoms. The molecule has 4 rings (SSSR count). The maximum Gasteiger partial charge on any atom is 0.169 e. The van der Waals surface area contributed by atoms with Crippen molar-refractivity contribution in [2.24, 2.45) is 0 Å². The largest absolute Gasteiger partial charge is 0.281 e. The summed E-state index contributed by atoms with van der Waals surface area (Å²) in [5.74, 6) is 0. The third kappa shape index (κ3) is 2.04. The van der Waals surface area contributed by atoms with Crippen molar-refractivity contribution >= 4 is 6.08 Å². The second kappa shape index (κ2) is 5.18. The van der Waals surface area contributed by atoms with Gasteiger partial charge in [-0.1, -0.05) is 24.3 Å². The Kier molecular flexibility index (Phi) is 3.02. The summed E-state index contributed by atoms with van der Waals surface area (Å²) in [6.45, 7) is 0. The van der Waals surface area contributed by atoms with E-state index in [1.807, 2.05) is 42.5 Å². The van der Waals surface area contributed by atoms with E-state index < -0.39 is 5.41 Å². The fraction of sp³-hybridized carbons (Fsp3) is 0.111. The predicted octanol–water partition coefficient (Wildman–Crippen LogP) is 2.63. The predicted molar refractivity (Wildman–Crippen MR) is 85.3 cm³/mol. The van der Waals surface area contributed by atoms with Crippen LogP contribution in [0.3, 0.4) is 0 Å². The number of nitrogens with one attached hydrogen (secondary N) is 1. The molecular weight excluding hydrogens is 286 g/mol. The van der Waals surface area contributed by atoms with Crippen LogP contribution in [0.25, 0.3) is 6.08 Å². The maximum atomic E-state index is 9.16. The van der Waals surface area contributed by atoms with Crippen molar-refractivity contribution in [2.75, 3.05) is 0 Å².